The summed E-state index contributed by atoms with van der Waals surface area (Å²) in [5, 5.41) is 2.77. The number of amides is 2. The molecule has 1 atom stereocenters. The smallest absolute Gasteiger partial charge is 0.338 e. The summed E-state index contributed by atoms with van der Waals surface area (Å²) in [4.78, 5) is 26.7. The van der Waals surface area contributed by atoms with Gasteiger partial charge in [-0.2, -0.15) is 0 Å². The Labute approximate surface area is 161 Å². The molecule has 2 amide bonds. The van der Waals surface area contributed by atoms with Gasteiger partial charge in [-0.15, -0.1) is 0 Å². The first-order valence-electron chi connectivity index (χ1n) is 8.40. The van der Waals surface area contributed by atoms with Crippen molar-refractivity contribution >= 4 is 29.3 Å². The van der Waals surface area contributed by atoms with Crippen LogP contribution in [0, 0.1) is 5.82 Å². The summed E-state index contributed by atoms with van der Waals surface area (Å²) in [5.74, 6) is -1.26. The molecule has 140 valence electrons. The highest BCUT2D eigenvalue weighted by Crippen LogP contribution is 2.39. The van der Waals surface area contributed by atoms with Gasteiger partial charge < -0.3 is 10.1 Å². The Morgan fingerprint density at radius 2 is 1.93 bits per heavy atom. The topological polar surface area (TPSA) is 58.6 Å². The minimum absolute atomic E-state index is 0.0251. The summed E-state index contributed by atoms with van der Waals surface area (Å²) < 4.78 is 19.8. The Balaban J connectivity index is 2.30. The molecule has 1 N–H and O–H groups in total. The van der Waals surface area contributed by atoms with Crippen molar-refractivity contribution in [3.63, 3.8) is 0 Å². The van der Waals surface area contributed by atoms with Crippen LogP contribution in [-0.2, 0) is 9.53 Å². The maximum atomic E-state index is 14.6. The number of carbonyl (C=O) groups excluding carboxylic acids is 2. The van der Waals surface area contributed by atoms with E-state index in [0.717, 1.165) is 0 Å². The number of carbonyl (C=O) groups is 2. The molecule has 0 bridgehead atoms. The fourth-order valence-electron chi connectivity index (χ4n) is 3.08. The molecule has 1 aliphatic rings. The van der Waals surface area contributed by atoms with Crippen molar-refractivity contribution in [1.29, 1.82) is 0 Å². The van der Waals surface area contributed by atoms with Crippen LogP contribution >= 0.6 is 11.6 Å². The number of ether oxygens (including phenoxy) is 1. The number of rotatable bonds is 4. The van der Waals surface area contributed by atoms with E-state index < -0.39 is 23.9 Å². The van der Waals surface area contributed by atoms with Crippen LogP contribution in [0.2, 0.25) is 5.02 Å². The van der Waals surface area contributed by atoms with Gasteiger partial charge in [-0.05, 0) is 24.6 Å². The fraction of sp³-hybridized carbons (Fsp3) is 0.200. The molecule has 3 rings (SSSR count). The van der Waals surface area contributed by atoms with Crippen molar-refractivity contribution in [2.75, 3.05) is 13.7 Å². The van der Waals surface area contributed by atoms with Crippen LogP contribution in [0.1, 0.15) is 24.1 Å². The van der Waals surface area contributed by atoms with Crippen LogP contribution in [0.4, 0.5) is 9.18 Å². The third kappa shape index (κ3) is 3.53. The largest absolute Gasteiger partial charge is 0.463 e. The van der Waals surface area contributed by atoms with Gasteiger partial charge >= 0.3 is 12.0 Å². The molecule has 2 aromatic carbocycles. The second-order valence-electron chi connectivity index (χ2n) is 5.93. The average molecular weight is 389 g/mol. The van der Waals surface area contributed by atoms with E-state index in [4.69, 9.17) is 16.3 Å². The lowest BCUT2D eigenvalue weighted by Crippen LogP contribution is -2.46. The molecule has 1 aliphatic heterocycles. The summed E-state index contributed by atoms with van der Waals surface area (Å²) in [6.07, 6.45) is 0. The summed E-state index contributed by atoms with van der Waals surface area (Å²) in [7, 11) is 1.54. The van der Waals surface area contributed by atoms with E-state index in [1.165, 1.54) is 30.1 Å². The van der Waals surface area contributed by atoms with Crippen molar-refractivity contribution in [3.8, 4) is 0 Å². The summed E-state index contributed by atoms with van der Waals surface area (Å²) >= 11 is 6.21. The first-order chi connectivity index (χ1) is 13.0. The molecule has 2 aromatic rings. The number of halogens is 2. The van der Waals surface area contributed by atoms with Crippen molar-refractivity contribution in [2.24, 2.45) is 0 Å². The van der Waals surface area contributed by atoms with E-state index in [1.54, 1.807) is 31.2 Å². The van der Waals surface area contributed by atoms with E-state index in [0.29, 0.717) is 11.3 Å². The normalized spacial score (nSPS) is 17.0. The van der Waals surface area contributed by atoms with Crippen LogP contribution < -0.4 is 5.32 Å². The monoisotopic (exact) mass is 388 g/mol. The van der Waals surface area contributed by atoms with E-state index >= 15 is 0 Å². The van der Waals surface area contributed by atoms with Crippen LogP contribution in [0.5, 0.6) is 0 Å². The van der Waals surface area contributed by atoms with Crippen molar-refractivity contribution in [2.45, 2.75) is 13.0 Å². The molecule has 27 heavy (non-hydrogen) atoms. The lowest BCUT2D eigenvalue weighted by Gasteiger charge is -2.35. The molecule has 0 aliphatic carbocycles. The zero-order chi connectivity index (χ0) is 19.6. The zero-order valence-corrected chi connectivity index (χ0v) is 15.6. The number of urea groups is 1. The lowest BCUT2D eigenvalue weighted by atomic mass is 9.91. The molecule has 7 heteroatoms. The molecule has 0 unspecified atom stereocenters. The lowest BCUT2D eigenvalue weighted by molar-refractivity contribution is -0.138. The Kier molecular flexibility index (Phi) is 5.46. The quantitative estimate of drug-likeness (QED) is 0.800. The number of nitrogens with zero attached hydrogens (tertiary/aromatic N) is 1. The third-order valence-corrected chi connectivity index (χ3v) is 4.61. The maximum Gasteiger partial charge on any atom is 0.338 e. The minimum Gasteiger partial charge on any atom is -0.463 e. The van der Waals surface area contributed by atoms with Crippen LogP contribution in [0.15, 0.2) is 54.1 Å². The number of hydrogen-bond donors (Lipinski definition) is 1. The van der Waals surface area contributed by atoms with Gasteiger partial charge in [0, 0.05) is 17.6 Å². The van der Waals surface area contributed by atoms with E-state index in [2.05, 4.69) is 5.32 Å². The molecule has 0 saturated carbocycles. The molecule has 0 saturated heterocycles. The molecule has 0 fully saturated rings. The van der Waals surface area contributed by atoms with Gasteiger partial charge in [0.2, 0.25) is 0 Å². The van der Waals surface area contributed by atoms with Crippen LogP contribution in [0.3, 0.4) is 0 Å². The van der Waals surface area contributed by atoms with Crippen molar-refractivity contribution in [1.82, 2.24) is 10.2 Å². The fourth-order valence-corrected chi connectivity index (χ4v) is 3.36. The third-order valence-electron chi connectivity index (χ3n) is 4.28. The van der Waals surface area contributed by atoms with Gasteiger partial charge in [-0.25, -0.2) is 14.0 Å². The number of hydrogen-bond acceptors (Lipinski definition) is 3. The highest BCUT2D eigenvalue weighted by molar-refractivity contribution is 6.31. The zero-order valence-electron chi connectivity index (χ0n) is 14.8. The predicted octanol–water partition coefficient (Wildman–Crippen LogP) is 4.15. The molecule has 0 aromatic heterocycles. The molecule has 0 radical (unpaired) electrons. The highest BCUT2D eigenvalue weighted by Gasteiger charge is 2.39. The van der Waals surface area contributed by atoms with Gasteiger partial charge in [0.25, 0.3) is 0 Å². The molecule has 0 spiro atoms. The van der Waals surface area contributed by atoms with Crippen molar-refractivity contribution < 1.29 is 18.7 Å². The average Bonchev–Trinajstić information content (AvgIpc) is 2.64. The van der Waals surface area contributed by atoms with Gasteiger partial charge in [0.1, 0.15) is 5.82 Å². The van der Waals surface area contributed by atoms with E-state index in [9.17, 15) is 14.0 Å². The van der Waals surface area contributed by atoms with E-state index in [1.807, 2.05) is 6.07 Å². The number of nitrogens with one attached hydrogen (secondary N) is 1. The predicted molar refractivity (Wildman–Crippen MR) is 100 cm³/mol. The Morgan fingerprint density at radius 3 is 2.56 bits per heavy atom. The van der Waals surface area contributed by atoms with E-state index in [-0.39, 0.29) is 22.8 Å². The summed E-state index contributed by atoms with van der Waals surface area (Å²) in [6.45, 7) is 1.82. The standard InChI is InChI=1S/C20H18ClFN2O3/c1-3-27-19(25)16-17(15-13(21)10-7-11-14(15)22)23-20(26)24(2)18(16)12-8-5-4-6-9-12/h4-11,17H,3H2,1-2H3,(H,23,26)/t17-/m0/s1. The van der Waals surface area contributed by atoms with Gasteiger partial charge in [-0.1, -0.05) is 48.0 Å². The second-order valence-corrected chi connectivity index (χ2v) is 6.33. The van der Waals surface area contributed by atoms with Gasteiger partial charge in [-0.3, -0.25) is 4.90 Å². The number of benzene rings is 2. The maximum absolute atomic E-state index is 14.6. The SMILES string of the molecule is CCOC(=O)C1=C(c2ccccc2)N(C)C(=O)N[C@H]1c1c(F)cccc1Cl. The first kappa shape index (κ1) is 18.9. The second kappa shape index (κ2) is 7.80. The van der Waals surface area contributed by atoms with Gasteiger partial charge in [0.15, 0.2) is 0 Å². The Morgan fingerprint density at radius 1 is 1.22 bits per heavy atom. The minimum atomic E-state index is -1.07. The molecule has 5 nitrogen and oxygen atoms in total. The Bertz CT molecular complexity index is 894. The highest BCUT2D eigenvalue weighted by atomic mass is 35.5. The van der Waals surface area contributed by atoms with Crippen LogP contribution in [-0.4, -0.2) is 30.6 Å². The first-order valence-corrected chi connectivity index (χ1v) is 8.78. The summed E-state index contributed by atoms with van der Waals surface area (Å²) in [6, 6.07) is 11.6. The molecular weight excluding hydrogens is 371 g/mol. The number of esters is 1. The van der Waals surface area contributed by atoms with Crippen LogP contribution in [0.25, 0.3) is 5.70 Å². The molecular formula is C20H18ClFN2O3. The van der Waals surface area contributed by atoms with Crippen molar-refractivity contribution in [3.05, 3.63) is 76.1 Å². The van der Waals surface area contributed by atoms with Gasteiger partial charge in [0.05, 0.1) is 23.9 Å². The molecule has 1 heterocycles. The summed E-state index contributed by atoms with van der Waals surface area (Å²) in [5.41, 5.74) is 1.13. The Hall–Kier alpha value is -2.86.